The molecule has 0 spiro atoms. The predicted octanol–water partition coefficient (Wildman–Crippen LogP) is 0.246. The predicted molar refractivity (Wildman–Crippen MR) is 184 cm³/mol. The fraction of sp³-hybridized carbons (Fsp3) is 0.361. The summed E-state index contributed by atoms with van der Waals surface area (Å²) < 4.78 is 5.64. The van der Waals surface area contributed by atoms with Gasteiger partial charge < -0.3 is 35.9 Å². The van der Waals surface area contributed by atoms with Crippen molar-refractivity contribution in [2.45, 2.75) is 69.5 Å². The number of aromatic amines is 2. The zero-order chi connectivity index (χ0) is 39.0. The van der Waals surface area contributed by atoms with Crippen molar-refractivity contribution in [3.8, 4) is 11.1 Å². The molecule has 1 aliphatic carbocycles. The molecule has 3 aromatic rings. The molecular formula is C36H40N7O11+. The van der Waals surface area contributed by atoms with Crippen molar-refractivity contribution >= 4 is 47.6 Å². The molecule has 18 heteroatoms. The number of alkyl carbamates (subject to hydrolysis) is 1. The van der Waals surface area contributed by atoms with Crippen molar-refractivity contribution in [2.24, 2.45) is 0 Å². The molecule has 6 amide bonds. The van der Waals surface area contributed by atoms with Gasteiger partial charge in [0.1, 0.15) is 42.7 Å². The molecule has 7 N–H and O–H groups in total. The number of imide groups is 1. The average Bonchev–Trinajstić information content (AvgIpc) is 3.85. The van der Waals surface area contributed by atoms with Crippen LogP contribution in [0, 0.1) is 0 Å². The molecule has 284 valence electrons. The molecule has 1 aliphatic heterocycles. The molecule has 2 aliphatic rings. The van der Waals surface area contributed by atoms with Gasteiger partial charge in [-0.05, 0) is 42.5 Å². The zero-order valence-electron chi connectivity index (χ0n) is 29.4. The van der Waals surface area contributed by atoms with Gasteiger partial charge in [-0.15, -0.1) is 5.06 Å². The number of nitrogens with one attached hydrogen (secondary N) is 6. The van der Waals surface area contributed by atoms with Crippen molar-refractivity contribution in [1.29, 1.82) is 0 Å². The summed E-state index contributed by atoms with van der Waals surface area (Å²) in [4.78, 5) is 111. The minimum atomic E-state index is -1.72. The van der Waals surface area contributed by atoms with Crippen LogP contribution < -0.4 is 26.3 Å². The number of carbonyl (C=O) groups excluding carboxylic acids is 7. The Labute approximate surface area is 308 Å². The summed E-state index contributed by atoms with van der Waals surface area (Å²) in [5, 5.41) is 19.3. The minimum absolute atomic E-state index is 0.00952. The number of nitrogens with zero attached hydrogens (tertiary/aromatic N) is 1. The molecule has 18 nitrogen and oxygen atoms in total. The first-order chi connectivity index (χ1) is 25.7. The second kappa shape index (κ2) is 16.8. The molecule has 0 radical (unpaired) electrons. The Morgan fingerprint density at radius 2 is 1.56 bits per heavy atom. The number of hydrogen-bond acceptors (Lipinski definition) is 10. The summed E-state index contributed by atoms with van der Waals surface area (Å²) in [7, 11) is 0. The molecule has 2 aromatic carbocycles. The van der Waals surface area contributed by atoms with Crippen LogP contribution in [0.5, 0.6) is 0 Å². The maximum atomic E-state index is 13.7. The quantitative estimate of drug-likeness (QED) is 0.108. The van der Waals surface area contributed by atoms with Crippen LogP contribution in [0.1, 0.15) is 62.3 Å². The topological polar surface area (TPSA) is 257 Å². The number of fused-ring (bicyclic) bond motifs is 3. The highest BCUT2D eigenvalue weighted by Crippen LogP contribution is 2.44. The highest BCUT2D eigenvalue weighted by molar-refractivity contribution is 6.02. The Bertz CT molecular complexity index is 1880. The van der Waals surface area contributed by atoms with Crippen LogP contribution in [0.3, 0.4) is 0 Å². The second-order valence-electron chi connectivity index (χ2n) is 13.2. The first-order valence-corrected chi connectivity index (χ1v) is 17.1. The first-order valence-electron chi connectivity index (χ1n) is 17.1. The summed E-state index contributed by atoms with van der Waals surface area (Å²) in [6, 6.07) is 12.9. The Morgan fingerprint density at radius 1 is 0.926 bits per heavy atom. The molecule has 2 heterocycles. The van der Waals surface area contributed by atoms with Crippen molar-refractivity contribution in [2.75, 3.05) is 13.2 Å². The van der Waals surface area contributed by atoms with E-state index in [1.165, 1.54) is 20.2 Å². The van der Waals surface area contributed by atoms with Crippen LogP contribution >= 0.6 is 0 Å². The normalized spacial score (nSPS) is 14.7. The number of ether oxygens (including phenoxy) is 1. The number of hydrogen-bond donors (Lipinski definition) is 6. The lowest BCUT2D eigenvalue weighted by atomic mass is 9.98. The third-order valence-electron chi connectivity index (χ3n) is 8.85. The van der Waals surface area contributed by atoms with E-state index in [0.717, 1.165) is 22.3 Å². The Morgan fingerprint density at radius 3 is 2.15 bits per heavy atom. The van der Waals surface area contributed by atoms with Gasteiger partial charge in [-0.25, -0.2) is 14.6 Å². The largest absolute Gasteiger partial charge is 0.481 e. The van der Waals surface area contributed by atoms with E-state index < -0.39 is 84.6 Å². The van der Waals surface area contributed by atoms with Gasteiger partial charge in [-0.3, -0.25) is 33.8 Å². The standard InChI is InChI=1S/C36H39N7O11/c1-36(2,34(51)40-26(11-14-30(46)47)32(49)38-17-31(48)54-43-28(44)12-13-29(43)45)42-33(50)27(15-20-16-37-19-39-20)41-35(52)53-18-25-23-9-5-3-7-21(23)22-8-4-6-10-24(22)25/h3-10,16,19,25-27H,11-15,17-18H2,1-2H3,(H,37,39)(H,38,49)(H,40,51)(H,41,52)(H,42,50)(H,46,47)/p+1/t26-,27-/m0/s1. The van der Waals surface area contributed by atoms with Crippen LogP contribution in [0.15, 0.2) is 61.1 Å². The fourth-order valence-electron chi connectivity index (χ4n) is 6.05. The third kappa shape index (κ3) is 9.44. The van der Waals surface area contributed by atoms with Gasteiger partial charge in [0, 0.05) is 31.6 Å². The monoisotopic (exact) mass is 746 g/mol. The lowest BCUT2D eigenvalue weighted by Crippen LogP contribution is -2.62. The van der Waals surface area contributed by atoms with E-state index in [1.54, 1.807) is 6.20 Å². The Kier molecular flexibility index (Phi) is 12.0. The second-order valence-corrected chi connectivity index (χ2v) is 13.2. The number of benzene rings is 2. The zero-order valence-corrected chi connectivity index (χ0v) is 29.4. The van der Waals surface area contributed by atoms with E-state index >= 15 is 0 Å². The molecule has 2 atom stereocenters. The summed E-state index contributed by atoms with van der Waals surface area (Å²) in [5.74, 6) is -6.76. The molecule has 1 aromatic heterocycles. The van der Waals surface area contributed by atoms with E-state index in [1.807, 2.05) is 48.5 Å². The van der Waals surface area contributed by atoms with Gasteiger partial charge in [0.15, 0.2) is 0 Å². The highest BCUT2D eigenvalue weighted by atomic mass is 16.7. The number of carbonyl (C=O) groups is 8. The van der Waals surface area contributed by atoms with Gasteiger partial charge >= 0.3 is 18.0 Å². The van der Waals surface area contributed by atoms with Crippen molar-refractivity contribution in [3.05, 3.63) is 77.9 Å². The number of amides is 6. The summed E-state index contributed by atoms with van der Waals surface area (Å²) in [6.07, 6.45) is 0.969. The molecule has 5 rings (SSSR count). The Hall–Kier alpha value is -6.59. The number of aromatic nitrogens is 2. The van der Waals surface area contributed by atoms with E-state index in [9.17, 15) is 43.5 Å². The van der Waals surface area contributed by atoms with Crippen molar-refractivity contribution in [1.82, 2.24) is 31.3 Å². The summed E-state index contributed by atoms with van der Waals surface area (Å²) in [5.41, 5.74) is 2.90. The fourth-order valence-corrected chi connectivity index (χ4v) is 6.05. The summed E-state index contributed by atoms with van der Waals surface area (Å²) >= 11 is 0. The van der Waals surface area contributed by atoms with Gasteiger partial charge in [-0.1, -0.05) is 48.5 Å². The number of hydroxylamine groups is 2. The maximum Gasteiger partial charge on any atom is 0.407 e. The molecule has 1 saturated heterocycles. The van der Waals surface area contributed by atoms with E-state index in [0.29, 0.717) is 10.8 Å². The minimum Gasteiger partial charge on any atom is -0.481 e. The van der Waals surface area contributed by atoms with Gasteiger partial charge in [-0.2, -0.15) is 0 Å². The lowest BCUT2D eigenvalue weighted by Gasteiger charge is -2.29. The van der Waals surface area contributed by atoms with Crippen molar-refractivity contribution < 1.29 is 58.0 Å². The molecule has 1 fully saturated rings. The van der Waals surface area contributed by atoms with E-state index in [4.69, 9.17) is 9.57 Å². The van der Waals surface area contributed by atoms with E-state index in [2.05, 4.69) is 31.2 Å². The third-order valence-corrected chi connectivity index (χ3v) is 8.85. The van der Waals surface area contributed by atoms with Gasteiger partial charge in [0.05, 0.1) is 0 Å². The van der Waals surface area contributed by atoms with Crippen LogP contribution in [0.4, 0.5) is 4.79 Å². The van der Waals surface area contributed by atoms with Crippen molar-refractivity contribution in [3.63, 3.8) is 0 Å². The molecular weight excluding hydrogens is 706 g/mol. The SMILES string of the molecule is CC(C)(NC(=O)[C@H](Cc1c[nH+]c[nH]1)NC(=O)OCC1c2ccccc2-c2ccccc21)C(=O)N[C@@H](CCC(=O)O)C(=O)NCC(=O)ON1C(=O)CCC1=O. The maximum absolute atomic E-state index is 13.7. The number of carboxylic acids is 1. The van der Waals surface area contributed by atoms with E-state index in [-0.39, 0.29) is 31.8 Å². The highest BCUT2D eigenvalue weighted by Gasteiger charge is 2.37. The van der Waals surface area contributed by atoms with Crippen LogP contribution in [-0.4, -0.2) is 93.5 Å². The van der Waals surface area contributed by atoms with Gasteiger partial charge in [0.2, 0.25) is 24.0 Å². The molecule has 0 saturated carbocycles. The Balaban J connectivity index is 1.20. The number of carboxylic acid groups (broad SMARTS) is 1. The van der Waals surface area contributed by atoms with Crippen LogP contribution in [-0.2, 0) is 49.6 Å². The first kappa shape index (κ1) is 38.6. The molecule has 54 heavy (non-hydrogen) atoms. The molecule has 0 unspecified atom stereocenters. The number of imidazole rings is 1. The average molecular weight is 747 g/mol. The van der Waals surface area contributed by atoms with Crippen LogP contribution in [0.2, 0.25) is 0 Å². The van der Waals surface area contributed by atoms with Gasteiger partial charge in [0.25, 0.3) is 11.8 Å². The summed E-state index contributed by atoms with van der Waals surface area (Å²) in [6.45, 7) is 1.85. The number of rotatable bonds is 16. The smallest absolute Gasteiger partial charge is 0.407 e. The number of H-pyrrole nitrogens is 2. The van der Waals surface area contributed by atoms with Crippen LogP contribution in [0.25, 0.3) is 11.1 Å². The lowest BCUT2D eigenvalue weighted by molar-refractivity contribution is -0.376. The number of aliphatic carboxylic acids is 1. The molecule has 0 bridgehead atoms.